The second-order valence-corrected chi connectivity index (χ2v) is 13.4. The molecular weight excluding hydrogens is 508 g/mol. The number of hydrogen-bond donors (Lipinski definition) is 5. The van der Waals surface area contributed by atoms with Crippen LogP contribution in [0.15, 0.2) is 11.6 Å². The first-order chi connectivity index (χ1) is 18.4. The predicted octanol–water partition coefficient (Wildman–Crippen LogP) is 0.750. The number of aliphatic hydroxyl groups is 5. The van der Waals surface area contributed by atoms with E-state index in [0.29, 0.717) is 44.9 Å². The summed E-state index contributed by atoms with van der Waals surface area (Å²) in [5, 5.41) is 55.0. The summed E-state index contributed by atoms with van der Waals surface area (Å²) in [4.78, 5) is 24.8. The minimum Gasteiger partial charge on any atom is -0.458 e. The van der Waals surface area contributed by atoms with Gasteiger partial charge in [-0.05, 0) is 81.6 Å². The standard InChI is InChI=1S/C29H42O10/c1-15-22(32)23(33)24(34)25(38-15)39-17-3-8-27(14-30)19-4-7-26(2)18(16-11-21(31)37-13-16)6-10-29(26,36)20(19)5-9-28(27,35)12-17/h11,14-15,17-20,22-25,32-36H,3-10,12-13H2,1-2H3/t15-,17-,18+,19-,20-,22-,23+,24-,25+,26+,27-,28-,29-/m0/s1. The van der Waals surface area contributed by atoms with E-state index in [1.807, 2.05) is 0 Å². The van der Waals surface area contributed by atoms with E-state index in [4.69, 9.17) is 14.2 Å². The van der Waals surface area contributed by atoms with Crippen molar-refractivity contribution in [3.63, 3.8) is 0 Å². The van der Waals surface area contributed by atoms with E-state index in [1.165, 1.54) is 0 Å². The lowest BCUT2D eigenvalue weighted by Crippen LogP contribution is -2.69. The molecule has 5 N–H and O–H groups in total. The molecule has 13 atom stereocenters. The molecule has 0 radical (unpaired) electrons. The summed E-state index contributed by atoms with van der Waals surface area (Å²) in [6.45, 7) is 3.98. The molecule has 0 amide bonds. The quantitative estimate of drug-likeness (QED) is 0.192. The van der Waals surface area contributed by atoms with E-state index in [1.54, 1.807) is 13.0 Å². The van der Waals surface area contributed by atoms with Gasteiger partial charge in [0.25, 0.3) is 0 Å². The van der Waals surface area contributed by atoms with Crippen LogP contribution in [0.25, 0.3) is 0 Å². The molecule has 0 aromatic rings. The molecule has 4 aliphatic carbocycles. The number of aldehydes is 1. The second-order valence-electron chi connectivity index (χ2n) is 13.4. The number of ether oxygens (including phenoxy) is 3. The normalized spacial score (nSPS) is 55.2. The maximum Gasteiger partial charge on any atom is 0.331 e. The van der Waals surface area contributed by atoms with Crippen molar-refractivity contribution in [3.05, 3.63) is 11.6 Å². The zero-order valence-corrected chi connectivity index (χ0v) is 22.7. The second kappa shape index (κ2) is 9.31. The Labute approximate surface area is 228 Å². The van der Waals surface area contributed by atoms with Gasteiger partial charge < -0.3 is 44.5 Å². The maximum absolute atomic E-state index is 13.0. The molecule has 218 valence electrons. The van der Waals surface area contributed by atoms with Gasteiger partial charge in [-0.2, -0.15) is 0 Å². The zero-order chi connectivity index (χ0) is 28.0. The van der Waals surface area contributed by atoms with Crippen molar-refractivity contribution >= 4 is 12.3 Å². The molecular formula is C29H42O10. The number of esters is 1. The van der Waals surface area contributed by atoms with E-state index in [0.717, 1.165) is 18.3 Å². The van der Waals surface area contributed by atoms with Crippen LogP contribution in [0.3, 0.4) is 0 Å². The van der Waals surface area contributed by atoms with Crippen molar-refractivity contribution in [1.82, 2.24) is 0 Å². The van der Waals surface area contributed by atoms with Crippen LogP contribution < -0.4 is 0 Å². The highest BCUT2D eigenvalue weighted by molar-refractivity contribution is 5.85. The van der Waals surface area contributed by atoms with E-state index in [2.05, 4.69) is 6.92 Å². The highest BCUT2D eigenvalue weighted by Gasteiger charge is 2.71. The van der Waals surface area contributed by atoms with Gasteiger partial charge in [-0.1, -0.05) is 6.92 Å². The Morgan fingerprint density at radius 2 is 1.72 bits per heavy atom. The maximum atomic E-state index is 13.0. The predicted molar refractivity (Wildman–Crippen MR) is 135 cm³/mol. The Kier molecular flexibility index (Phi) is 6.62. The summed E-state index contributed by atoms with van der Waals surface area (Å²) in [7, 11) is 0. The SMILES string of the molecule is C[C@@H]1O[C@H](O[C@H]2CC[C@]3(C=O)[C@H]4CC[C@]5(C)[C@@H](C6=CC(=O)OC6)CC[C@]5(O)[C@H]4CC[C@]3(O)C2)[C@@H](O)[C@H](O)[C@H]1O. The molecule has 0 bridgehead atoms. The van der Waals surface area contributed by atoms with Gasteiger partial charge in [-0.3, -0.25) is 0 Å². The van der Waals surface area contributed by atoms with E-state index in [-0.39, 0.29) is 36.8 Å². The molecule has 39 heavy (non-hydrogen) atoms. The fourth-order valence-corrected chi connectivity index (χ4v) is 9.75. The minimum atomic E-state index is -1.43. The van der Waals surface area contributed by atoms with Crippen molar-refractivity contribution in [2.75, 3.05) is 6.61 Å². The number of fused-ring (bicyclic) bond motifs is 5. The van der Waals surface area contributed by atoms with Crippen LogP contribution in [0.1, 0.15) is 71.6 Å². The molecule has 2 heterocycles. The summed E-state index contributed by atoms with van der Waals surface area (Å²) in [5.41, 5.74) is -2.86. The third-order valence-electron chi connectivity index (χ3n) is 12.0. The lowest BCUT2D eigenvalue weighted by Gasteiger charge is -2.65. The summed E-state index contributed by atoms with van der Waals surface area (Å²) < 4.78 is 16.9. The Hall–Kier alpha value is -1.40. The summed E-state index contributed by atoms with van der Waals surface area (Å²) in [6.07, 6.45) is 0.689. The highest BCUT2D eigenvalue weighted by atomic mass is 16.7. The van der Waals surface area contributed by atoms with Gasteiger partial charge in [0.05, 0.1) is 28.8 Å². The van der Waals surface area contributed by atoms with Crippen LogP contribution in [0, 0.1) is 28.6 Å². The number of carbonyl (C=O) groups excluding carboxylic acids is 2. The first-order valence-electron chi connectivity index (χ1n) is 14.5. The molecule has 0 aromatic heterocycles. The molecule has 5 fully saturated rings. The summed E-state index contributed by atoms with van der Waals surface area (Å²) in [6, 6.07) is 0. The van der Waals surface area contributed by atoms with E-state index in [9.17, 15) is 35.1 Å². The van der Waals surface area contributed by atoms with Crippen LogP contribution in [-0.4, -0.2) is 92.4 Å². The smallest absolute Gasteiger partial charge is 0.331 e. The number of hydrogen-bond acceptors (Lipinski definition) is 10. The third-order valence-corrected chi connectivity index (χ3v) is 12.0. The van der Waals surface area contributed by atoms with Crippen molar-refractivity contribution in [2.24, 2.45) is 28.6 Å². The minimum absolute atomic E-state index is 0.0465. The van der Waals surface area contributed by atoms with E-state index >= 15 is 0 Å². The lowest BCUT2D eigenvalue weighted by atomic mass is 9.41. The topological polar surface area (TPSA) is 163 Å². The Morgan fingerprint density at radius 3 is 2.41 bits per heavy atom. The largest absolute Gasteiger partial charge is 0.458 e. The monoisotopic (exact) mass is 550 g/mol. The van der Waals surface area contributed by atoms with Gasteiger partial charge in [0.2, 0.25) is 0 Å². The fraction of sp³-hybridized carbons (Fsp3) is 0.862. The Bertz CT molecular complexity index is 1050. The molecule has 6 rings (SSSR count). The van der Waals surface area contributed by atoms with Crippen LogP contribution >= 0.6 is 0 Å². The van der Waals surface area contributed by atoms with Gasteiger partial charge in [-0.25, -0.2) is 4.79 Å². The number of carbonyl (C=O) groups is 2. The van der Waals surface area contributed by atoms with Crippen molar-refractivity contribution in [3.8, 4) is 0 Å². The van der Waals surface area contributed by atoms with Crippen LogP contribution in [-0.2, 0) is 23.8 Å². The molecule has 10 heteroatoms. The van der Waals surface area contributed by atoms with Gasteiger partial charge in [0.1, 0.15) is 31.2 Å². The molecule has 2 aliphatic heterocycles. The number of aliphatic hydroxyl groups excluding tert-OH is 3. The molecule has 0 aromatic carbocycles. The van der Waals surface area contributed by atoms with Gasteiger partial charge in [0.15, 0.2) is 6.29 Å². The van der Waals surface area contributed by atoms with Crippen molar-refractivity contribution in [1.29, 1.82) is 0 Å². The molecule has 10 nitrogen and oxygen atoms in total. The molecule has 0 unspecified atom stereocenters. The van der Waals surface area contributed by atoms with E-state index < -0.39 is 58.8 Å². The average molecular weight is 551 g/mol. The molecule has 6 aliphatic rings. The van der Waals surface area contributed by atoms with Crippen LogP contribution in [0.5, 0.6) is 0 Å². The molecule has 4 saturated carbocycles. The summed E-state index contributed by atoms with van der Waals surface area (Å²) in [5.74, 6) is -0.616. The molecule has 1 saturated heterocycles. The highest BCUT2D eigenvalue weighted by Crippen LogP contribution is 2.70. The van der Waals surface area contributed by atoms with Crippen molar-refractivity contribution in [2.45, 2.75) is 120 Å². The van der Waals surface area contributed by atoms with Gasteiger partial charge in [-0.15, -0.1) is 0 Å². The zero-order valence-electron chi connectivity index (χ0n) is 22.7. The van der Waals surface area contributed by atoms with Gasteiger partial charge in [0, 0.05) is 17.9 Å². The van der Waals surface area contributed by atoms with Crippen LogP contribution in [0.4, 0.5) is 0 Å². The number of rotatable bonds is 4. The first-order valence-corrected chi connectivity index (χ1v) is 14.5. The fourth-order valence-electron chi connectivity index (χ4n) is 9.75. The van der Waals surface area contributed by atoms with Crippen LogP contribution in [0.2, 0.25) is 0 Å². The summed E-state index contributed by atoms with van der Waals surface area (Å²) >= 11 is 0. The van der Waals surface area contributed by atoms with Gasteiger partial charge >= 0.3 is 5.97 Å². The third kappa shape index (κ3) is 3.78. The number of cyclic esters (lactones) is 1. The lowest BCUT2D eigenvalue weighted by molar-refractivity contribution is -0.317. The van der Waals surface area contributed by atoms with Crippen molar-refractivity contribution < 1.29 is 49.3 Å². The molecule has 0 spiro atoms. The first kappa shape index (κ1) is 27.8. The Morgan fingerprint density at radius 1 is 0.974 bits per heavy atom. The Balaban J connectivity index is 1.22. The average Bonchev–Trinajstić information content (AvgIpc) is 3.45.